The van der Waals surface area contributed by atoms with E-state index in [1.54, 1.807) is 0 Å². The lowest BCUT2D eigenvalue weighted by Gasteiger charge is -2.37. The fourth-order valence-corrected chi connectivity index (χ4v) is 4.63. The van der Waals surface area contributed by atoms with Gasteiger partial charge in [-0.1, -0.05) is 24.3 Å². The van der Waals surface area contributed by atoms with Gasteiger partial charge < -0.3 is 15.0 Å². The van der Waals surface area contributed by atoms with Gasteiger partial charge in [0.2, 0.25) is 5.91 Å². The average molecular weight is 443 g/mol. The van der Waals surface area contributed by atoms with Crippen LogP contribution in [0.5, 0.6) is 5.75 Å². The minimum absolute atomic E-state index is 0.0114. The van der Waals surface area contributed by atoms with Crippen LogP contribution < -0.4 is 15.0 Å². The zero-order chi connectivity index (χ0) is 22.5. The van der Waals surface area contributed by atoms with E-state index in [0.717, 1.165) is 74.9 Å². The predicted octanol–water partition coefficient (Wildman–Crippen LogP) is 3.56. The highest BCUT2D eigenvalue weighted by Gasteiger charge is 2.20. The first-order valence-corrected chi connectivity index (χ1v) is 11.7. The molecule has 0 spiro atoms. The van der Waals surface area contributed by atoms with Crippen molar-refractivity contribution in [3.63, 3.8) is 0 Å². The largest absolute Gasteiger partial charge is 0.493 e. The van der Waals surface area contributed by atoms with Crippen LogP contribution in [0.25, 0.3) is 0 Å². The van der Waals surface area contributed by atoms with E-state index in [2.05, 4.69) is 44.4 Å². The number of pyridine rings is 1. The summed E-state index contributed by atoms with van der Waals surface area (Å²) in [6, 6.07) is 18.4. The van der Waals surface area contributed by atoms with Crippen LogP contribution in [-0.2, 0) is 24.1 Å². The molecule has 6 nitrogen and oxygen atoms in total. The van der Waals surface area contributed by atoms with Crippen molar-refractivity contribution < 1.29 is 9.53 Å². The first-order chi connectivity index (χ1) is 16.2. The number of amides is 1. The molecule has 1 aromatic heterocycles. The maximum atomic E-state index is 12.8. The molecule has 1 fully saturated rings. The second-order valence-corrected chi connectivity index (χ2v) is 8.72. The number of benzene rings is 2. The number of carbonyl (C=O) groups excluding carboxylic acids is 1. The Morgan fingerprint density at radius 1 is 0.970 bits per heavy atom. The Balaban J connectivity index is 1.16. The third-order valence-corrected chi connectivity index (χ3v) is 6.48. The van der Waals surface area contributed by atoms with Crippen LogP contribution in [0.1, 0.15) is 16.7 Å². The normalized spacial score (nSPS) is 15.7. The van der Waals surface area contributed by atoms with E-state index in [-0.39, 0.29) is 5.91 Å². The van der Waals surface area contributed by atoms with Crippen molar-refractivity contribution in [1.29, 1.82) is 0 Å². The highest BCUT2D eigenvalue weighted by atomic mass is 16.5. The van der Waals surface area contributed by atoms with Crippen LogP contribution in [0.2, 0.25) is 0 Å². The van der Waals surface area contributed by atoms with E-state index in [1.807, 2.05) is 42.7 Å². The van der Waals surface area contributed by atoms with Gasteiger partial charge in [-0.05, 0) is 53.4 Å². The van der Waals surface area contributed by atoms with E-state index >= 15 is 0 Å². The number of nitrogens with one attached hydrogen (secondary N) is 1. The van der Waals surface area contributed by atoms with E-state index in [1.165, 1.54) is 11.1 Å². The SMILES string of the molecule is O=C(Cc1ccc2c(c1)CCO2)Nc1ccccc1N1CCN(CCc2ccncc2)CC1. The van der Waals surface area contributed by atoms with E-state index in [9.17, 15) is 4.79 Å². The Labute approximate surface area is 195 Å². The zero-order valence-corrected chi connectivity index (χ0v) is 18.9. The number of rotatable bonds is 7. The lowest BCUT2D eigenvalue weighted by Crippen LogP contribution is -2.47. The maximum Gasteiger partial charge on any atom is 0.228 e. The molecule has 0 bridgehead atoms. The molecule has 2 aliphatic heterocycles. The first-order valence-electron chi connectivity index (χ1n) is 11.7. The topological polar surface area (TPSA) is 57.7 Å². The number of carbonyl (C=O) groups is 1. The van der Waals surface area contributed by atoms with Crippen molar-refractivity contribution in [3.8, 4) is 5.75 Å². The Bertz CT molecular complexity index is 1090. The second-order valence-electron chi connectivity index (χ2n) is 8.72. The Kier molecular flexibility index (Phi) is 6.53. The summed E-state index contributed by atoms with van der Waals surface area (Å²) < 4.78 is 5.57. The molecule has 0 radical (unpaired) electrons. The van der Waals surface area contributed by atoms with Gasteiger partial charge in [0.1, 0.15) is 5.75 Å². The van der Waals surface area contributed by atoms with Gasteiger partial charge in [0.25, 0.3) is 0 Å². The van der Waals surface area contributed by atoms with Gasteiger partial charge in [-0.25, -0.2) is 0 Å². The van der Waals surface area contributed by atoms with Crippen LogP contribution >= 0.6 is 0 Å². The number of para-hydroxylation sites is 2. The molecule has 6 heteroatoms. The number of anilines is 2. The Morgan fingerprint density at radius 3 is 2.64 bits per heavy atom. The van der Waals surface area contributed by atoms with Gasteiger partial charge in [0.15, 0.2) is 0 Å². The van der Waals surface area contributed by atoms with Gasteiger partial charge >= 0.3 is 0 Å². The van der Waals surface area contributed by atoms with Gasteiger partial charge in [0, 0.05) is 51.5 Å². The van der Waals surface area contributed by atoms with Crippen LogP contribution in [0.15, 0.2) is 67.0 Å². The number of hydrogen-bond acceptors (Lipinski definition) is 5. The van der Waals surface area contributed by atoms with Crippen LogP contribution in [0.3, 0.4) is 0 Å². The maximum absolute atomic E-state index is 12.8. The van der Waals surface area contributed by atoms with Crippen LogP contribution in [0.4, 0.5) is 11.4 Å². The molecule has 2 aliphatic rings. The zero-order valence-electron chi connectivity index (χ0n) is 18.9. The summed E-state index contributed by atoms with van der Waals surface area (Å²) >= 11 is 0. The van der Waals surface area contributed by atoms with Gasteiger partial charge in [0.05, 0.1) is 24.4 Å². The first kappa shape index (κ1) is 21.5. The number of nitrogens with zero attached hydrogens (tertiary/aromatic N) is 3. The quantitative estimate of drug-likeness (QED) is 0.606. The lowest BCUT2D eigenvalue weighted by atomic mass is 10.1. The molecule has 3 aromatic rings. The molecule has 1 amide bonds. The summed E-state index contributed by atoms with van der Waals surface area (Å²) in [5, 5.41) is 3.15. The number of aromatic nitrogens is 1. The number of hydrogen-bond donors (Lipinski definition) is 1. The lowest BCUT2D eigenvalue weighted by molar-refractivity contribution is -0.115. The Morgan fingerprint density at radius 2 is 1.79 bits per heavy atom. The second kappa shape index (κ2) is 10.0. The molecule has 5 rings (SSSR count). The molecule has 0 atom stereocenters. The van der Waals surface area contributed by atoms with Crippen molar-refractivity contribution in [2.24, 2.45) is 0 Å². The monoisotopic (exact) mass is 442 g/mol. The van der Waals surface area contributed by atoms with Crippen molar-refractivity contribution >= 4 is 17.3 Å². The fourth-order valence-electron chi connectivity index (χ4n) is 4.63. The summed E-state index contributed by atoms with van der Waals surface area (Å²) in [6.45, 7) is 5.73. The summed E-state index contributed by atoms with van der Waals surface area (Å²) in [5.41, 5.74) is 5.54. The standard InChI is InChI=1S/C27H30N4O2/c32-27(20-22-5-6-26-23(19-22)10-18-33-26)29-24-3-1-2-4-25(24)31-16-14-30(15-17-31)13-9-21-7-11-28-12-8-21/h1-8,11-12,19H,9-10,13-18,20H2,(H,29,32). The summed E-state index contributed by atoms with van der Waals surface area (Å²) in [4.78, 5) is 21.8. The third-order valence-electron chi connectivity index (χ3n) is 6.48. The summed E-state index contributed by atoms with van der Waals surface area (Å²) in [5.74, 6) is 0.960. The highest BCUT2D eigenvalue weighted by molar-refractivity contribution is 5.95. The van der Waals surface area contributed by atoms with Crippen molar-refractivity contribution in [1.82, 2.24) is 9.88 Å². The summed E-state index contributed by atoms with van der Waals surface area (Å²) in [6.07, 6.45) is 6.05. The minimum atomic E-state index is 0.0114. The molecule has 0 saturated carbocycles. The number of piperazine rings is 1. The van der Waals surface area contributed by atoms with Gasteiger partial charge in [-0.15, -0.1) is 0 Å². The van der Waals surface area contributed by atoms with Crippen LogP contribution in [0, 0.1) is 0 Å². The molecule has 33 heavy (non-hydrogen) atoms. The molecule has 1 N–H and O–H groups in total. The highest BCUT2D eigenvalue weighted by Crippen LogP contribution is 2.28. The number of ether oxygens (including phenoxy) is 1. The fraction of sp³-hybridized carbons (Fsp3) is 0.333. The van der Waals surface area contributed by atoms with Crippen molar-refractivity contribution in [2.75, 3.05) is 49.5 Å². The molecule has 0 unspecified atom stereocenters. The van der Waals surface area contributed by atoms with E-state index < -0.39 is 0 Å². The van der Waals surface area contributed by atoms with E-state index in [4.69, 9.17) is 4.74 Å². The van der Waals surface area contributed by atoms with Crippen molar-refractivity contribution in [2.45, 2.75) is 19.3 Å². The molecular formula is C27H30N4O2. The molecule has 3 heterocycles. The van der Waals surface area contributed by atoms with Crippen LogP contribution in [-0.4, -0.2) is 55.1 Å². The third kappa shape index (κ3) is 5.34. The average Bonchev–Trinajstić information content (AvgIpc) is 3.32. The minimum Gasteiger partial charge on any atom is -0.493 e. The molecular weight excluding hydrogens is 412 g/mol. The van der Waals surface area contributed by atoms with Crippen molar-refractivity contribution in [3.05, 3.63) is 83.7 Å². The van der Waals surface area contributed by atoms with E-state index in [0.29, 0.717) is 6.42 Å². The molecule has 2 aromatic carbocycles. The molecule has 0 aliphatic carbocycles. The predicted molar refractivity (Wildman–Crippen MR) is 131 cm³/mol. The smallest absolute Gasteiger partial charge is 0.228 e. The molecule has 1 saturated heterocycles. The van der Waals surface area contributed by atoms with Gasteiger partial charge in [-0.3, -0.25) is 14.7 Å². The summed E-state index contributed by atoms with van der Waals surface area (Å²) in [7, 11) is 0. The number of fused-ring (bicyclic) bond motifs is 1. The van der Waals surface area contributed by atoms with Gasteiger partial charge in [-0.2, -0.15) is 0 Å². The molecule has 170 valence electrons. The Hall–Kier alpha value is -3.38.